The quantitative estimate of drug-likeness (QED) is 0.236. The number of para-hydroxylation sites is 1. The summed E-state index contributed by atoms with van der Waals surface area (Å²) in [5.74, 6) is -0.0199. The first-order chi connectivity index (χ1) is 20.9. The first kappa shape index (κ1) is 27.9. The third-order valence-electron chi connectivity index (χ3n) is 7.44. The average molecular weight is 580 g/mol. The molecule has 2 heterocycles. The molecule has 0 fully saturated rings. The molecular weight excluding hydrogens is 549 g/mol. The zero-order valence-electron chi connectivity index (χ0n) is 23.7. The number of aromatic nitrogens is 3. The average Bonchev–Trinajstić information content (AvgIpc) is 3.65. The monoisotopic (exact) mass is 579 g/mol. The third-order valence-corrected chi connectivity index (χ3v) is 7.44. The lowest BCUT2D eigenvalue weighted by Gasteiger charge is -2.32. The fourth-order valence-electron chi connectivity index (χ4n) is 5.11. The van der Waals surface area contributed by atoms with Crippen molar-refractivity contribution in [1.29, 1.82) is 0 Å². The van der Waals surface area contributed by atoms with Crippen molar-refractivity contribution in [2.45, 2.75) is 38.9 Å². The van der Waals surface area contributed by atoms with Crippen molar-refractivity contribution < 1.29 is 23.5 Å². The smallest absolute Gasteiger partial charge is 0.251 e. The molecule has 218 valence electrons. The van der Waals surface area contributed by atoms with Gasteiger partial charge in [0.25, 0.3) is 5.91 Å². The minimum Gasteiger partial charge on any atom is -0.454 e. The van der Waals surface area contributed by atoms with Gasteiger partial charge in [-0.15, -0.1) is 5.10 Å². The molecule has 1 N–H and O–H groups in total. The summed E-state index contributed by atoms with van der Waals surface area (Å²) < 4.78 is 27.4. The molecule has 1 aliphatic heterocycles. The van der Waals surface area contributed by atoms with Crippen molar-refractivity contribution in [3.05, 3.63) is 114 Å². The lowest BCUT2D eigenvalue weighted by atomic mass is 9.97. The van der Waals surface area contributed by atoms with Crippen molar-refractivity contribution in [3.8, 4) is 11.5 Å². The van der Waals surface area contributed by atoms with Gasteiger partial charge in [-0.2, -0.15) is 0 Å². The summed E-state index contributed by atoms with van der Waals surface area (Å²) in [5.41, 5.74) is 3.72. The molecule has 0 radical (unpaired) electrons. The summed E-state index contributed by atoms with van der Waals surface area (Å²) in [5, 5.41) is 11.3. The second-order valence-corrected chi connectivity index (χ2v) is 10.6. The van der Waals surface area contributed by atoms with Crippen LogP contribution >= 0.6 is 0 Å². The van der Waals surface area contributed by atoms with E-state index in [4.69, 9.17) is 9.47 Å². The predicted octanol–water partition coefficient (Wildman–Crippen LogP) is 5.83. The highest BCUT2D eigenvalue weighted by atomic mass is 19.1. The van der Waals surface area contributed by atoms with Gasteiger partial charge in [-0.25, -0.2) is 9.07 Å². The molecule has 9 nitrogen and oxygen atoms in total. The molecule has 10 heteroatoms. The highest BCUT2D eigenvalue weighted by Crippen LogP contribution is 2.35. The minimum absolute atomic E-state index is 0.0967. The van der Waals surface area contributed by atoms with Crippen LogP contribution in [0.1, 0.15) is 42.5 Å². The van der Waals surface area contributed by atoms with Gasteiger partial charge >= 0.3 is 0 Å². The van der Waals surface area contributed by atoms with Crippen molar-refractivity contribution in [1.82, 2.24) is 19.9 Å². The van der Waals surface area contributed by atoms with E-state index < -0.39 is 23.7 Å². The first-order valence-corrected chi connectivity index (χ1v) is 14.0. The van der Waals surface area contributed by atoms with E-state index in [1.54, 1.807) is 42.5 Å². The molecular formula is C33H30FN5O4. The van der Waals surface area contributed by atoms with E-state index in [0.717, 1.165) is 5.56 Å². The van der Waals surface area contributed by atoms with Gasteiger partial charge in [0, 0.05) is 23.9 Å². The van der Waals surface area contributed by atoms with Gasteiger partial charge in [-0.3, -0.25) is 9.59 Å². The maximum Gasteiger partial charge on any atom is 0.251 e. The first-order valence-electron chi connectivity index (χ1n) is 14.0. The van der Waals surface area contributed by atoms with Gasteiger partial charge in [-0.1, -0.05) is 73.7 Å². The van der Waals surface area contributed by atoms with Crippen LogP contribution in [0.5, 0.6) is 11.5 Å². The van der Waals surface area contributed by atoms with Crippen LogP contribution in [0.15, 0.2) is 91.0 Å². The fraction of sp³-hybridized carbons (Fsp3) is 0.212. The van der Waals surface area contributed by atoms with Gasteiger partial charge < -0.3 is 19.7 Å². The van der Waals surface area contributed by atoms with Crippen LogP contribution in [0.3, 0.4) is 0 Å². The number of nitrogens with zero attached hydrogens (tertiary/aromatic N) is 4. The zero-order valence-corrected chi connectivity index (χ0v) is 23.7. The Kier molecular flexibility index (Phi) is 7.74. The van der Waals surface area contributed by atoms with E-state index in [0.29, 0.717) is 33.8 Å². The van der Waals surface area contributed by atoms with Crippen molar-refractivity contribution in [3.63, 3.8) is 0 Å². The number of ether oxygens (including phenoxy) is 2. The van der Waals surface area contributed by atoms with Crippen molar-refractivity contribution in [2.75, 3.05) is 12.1 Å². The highest BCUT2D eigenvalue weighted by molar-refractivity contribution is 5.98. The number of hydrogen-bond acceptors (Lipinski definition) is 6. The minimum atomic E-state index is -1.10. The molecule has 0 saturated carbocycles. The Labute approximate surface area is 247 Å². The van der Waals surface area contributed by atoms with E-state index >= 15 is 0 Å². The molecule has 6 rings (SSSR count). The third kappa shape index (κ3) is 5.90. The molecule has 5 aromatic rings. The van der Waals surface area contributed by atoms with Gasteiger partial charge in [0.1, 0.15) is 23.9 Å². The number of rotatable bonds is 9. The molecule has 1 unspecified atom stereocenters. The number of amides is 2. The van der Waals surface area contributed by atoms with Crippen LogP contribution in [0.25, 0.3) is 11.0 Å². The lowest BCUT2D eigenvalue weighted by molar-refractivity contribution is -0.140. The fourth-order valence-corrected chi connectivity index (χ4v) is 5.11. The number of anilines is 1. The Hall–Kier alpha value is -5.25. The Bertz CT molecular complexity index is 1790. The SMILES string of the molecule is CC(C)c1ccc(C(C(=O)Nc2ccc3c(c2)OCO3)N(Cc2ccccc2F)C(=O)Cn2nnc3ccccc32)cc1. The summed E-state index contributed by atoms with van der Waals surface area (Å²) in [6.07, 6.45) is 0. The van der Waals surface area contributed by atoms with Crippen LogP contribution in [-0.4, -0.2) is 38.5 Å². The van der Waals surface area contributed by atoms with Gasteiger partial charge in [0.15, 0.2) is 11.5 Å². The van der Waals surface area contributed by atoms with Crippen LogP contribution in [0.4, 0.5) is 10.1 Å². The Morgan fingerprint density at radius 1 is 0.930 bits per heavy atom. The van der Waals surface area contributed by atoms with Crippen molar-refractivity contribution >= 4 is 28.5 Å². The maximum atomic E-state index is 15.0. The molecule has 0 saturated heterocycles. The lowest BCUT2D eigenvalue weighted by Crippen LogP contribution is -2.42. The number of nitrogens with one attached hydrogen (secondary N) is 1. The summed E-state index contributed by atoms with van der Waals surface area (Å²) in [6.45, 7) is 3.90. The van der Waals surface area contributed by atoms with Crippen LogP contribution < -0.4 is 14.8 Å². The van der Waals surface area contributed by atoms with E-state index in [1.165, 1.54) is 15.6 Å². The van der Waals surface area contributed by atoms with Crippen LogP contribution in [0, 0.1) is 5.82 Å². The molecule has 0 bridgehead atoms. The standard InChI is InChI=1S/C33H30FN5O4/c1-21(2)22-11-13-23(14-12-22)32(33(41)35-25-15-16-29-30(17-25)43-20-42-29)38(18-24-7-3-4-8-26(24)34)31(40)19-39-28-10-6-5-9-27(28)36-37-39/h3-17,21,32H,18-20H2,1-2H3,(H,35,41). The second-order valence-electron chi connectivity index (χ2n) is 10.6. The van der Waals surface area contributed by atoms with Crippen LogP contribution in [-0.2, 0) is 22.7 Å². The summed E-state index contributed by atoms with van der Waals surface area (Å²) in [7, 11) is 0. The van der Waals surface area contributed by atoms with Gasteiger partial charge in [-0.05, 0) is 47.4 Å². The molecule has 0 spiro atoms. The molecule has 4 aromatic carbocycles. The summed E-state index contributed by atoms with van der Waals surface area (Å²) in [6, 6.07) is 25.1. The highest BCUT2D eigenvalue weighted by Gasteiger charge is 2.33. The molecule has 1 atom stereocenters. The van der Waals surface area contributed by atoms with E-state index in [1.807, 2.05) is 42.5 Å². The topological polar surface area (TPSA) is 98.6 Å². The summed E-state index contributed by atoms with van der Waals surface area (Å²) >= 11 is 0. The van der Waals surface area contributed by atoms with Gasteiger partial charge in [0.2, 0.25) is 12.7 Å². The molecule has 1 aliphatic rings. The molecule has 1 aromatic heterocycles. The number of halogens is 1. The molecule has 0 aliphatic carbocycles. The van der Waals surface area contributed by atoms with E-state index in [9.17, 15) is 14.0 Å². The Morgan fingerprint density at radius 2 is 1.65 bits per heavy atom. The normalized spacial score (nSPS) is 12.8. The van der Waals surface area contributed by atoms with E-state index in [-0.39, 0.29) is 31.4 Å². The summed E-state index contributed by atoms with van der Waals surface area (Å²) in [4.78, 5) is 29.7. The maximum absolute atomic E-state index is 15.0. The number of fused-ring (bicyclic) bond motifs is 2. The predicted molar refractivity (Wildman–Crippen MR) is 159 cm³/mol. The Balaban J connectivity index is 1.40. The van der Waals surface area contributed by atoms with Gasteiger partial charge in [0.05, 0.1) is 5.52 Å². The van der Waals surface area contributed by atoms with Crippen molar-refractivity contribution in [2.24, 2.45) is 0 Å². The second kappa shape index (κ2) is 11.9. The number of benzene rings is 4. The Morgan fingerprint density at radius 3 is 2.44 bits per heavy atom. The largest absolute Gasteiger partial charge is 0.454 e. The number of carbonyl (C=O) groups excluding carboxylic acids is 2. The zero-order chi connectivity index (χ0) is 29.9. The van der Waals surface area contributed by atoms with E-state index in [2.05, 4.69) is 29.5 Å². The number of hydrogen-bond donors (Lipinski definition) is 1. The number of carbonyl (C=O) groups is 2. The van der Waals surface area contributed by atoms with Crippen LogP contribution in [0.2, 0.25) is 0 Å². The molecule has 43 heavy (non-hydrogen) atoms. The molecule has 2 amide bonds.